The second kappa shape index (κ2) is 6.64. The smallest absolute Gasteiger partial charge is 0.254 e. The molecule has 0 bridgehead atoms. The van der Waals surface area contributed by atoms with Crippen molar-refractivity contribution >= 4 is 5.91 Å². The van der Waals surface area contributed by atoms with E-state index in [9.17, 15) is 4.79 Å². The van der Waals surface area contributed by atoms with Crippen LogP contribution in [0.15, 0.2) is 18.7 Å². The van der Waals surface area contributed by atoms with Gasteiger partial charge >= 0.3 is 0 Å². The highest BCUT2D eigenvalue weighted by Gasteiger charge is 2.09. The number of aromatic nitrogens is 5. The highest BCUT2D eigenvalue weighted by molar-refractivity contribution is 5.93. The number of nitrogens with zero attached hydrogens (tertiary/aromatic N) is 4. The molecule has 0 atom stereocenters. The van der Waals surface area contributed by atoms with Crippen LogP contribution < -0.4 is 5.32 Å². The average molecular weight is 264 g/mol. The summed E-state index contributed by atoms with van der Waals surface area (Å²) in [5.41, 5.74) is 0.491. The number of ether oxygens (including phenoxy) is 1. The minimum Gasteiger partial charge on any atom is -0.385 e. The lowest BCUT2D eigenvalue weighted by Crippen LogP contribution is -2.24. The van der Waals surface area contributed by atoms with E-state index in [0.29, 0.717) is 24.5 Å². The zero-order valence-corrected chi connectivity index (χ0v) is 10.7. The predicted octanol–water partition coefficient (Wildman–Crippen LogP) is -0.0323. The molecule has 0 aliphatic carbocycles. The molecule has 2 rings (SSSR count). The van der Waals surface area contributed by atoms with Crippen molar-refractivity contribution in [2.45, 2.75) is 19.5 Å². The summed E-state index contributed by atoms with van der Waals surface area (Å²) >= 11 is 0. The molecule has 0 saturated heterocycles. The van der Waals surface area contributed by atoms with Gasteiger partial charge in [-0.2, -0.15) is 5.10 Å². The number of nitrogens with one attached hydrogen (secondary N) is 2. The average Bonchev–Trinajstić information content (AvgIpc) is 3.08. The van der Waals surface area contributed by atoms with Crippen LogP contribution >= 0.6 is 0 Å². The van der Waals surface area contributed by atoms with E-state index in [2.05, 4.69) is 25.7 Å². The molecule has 2 heterocycles. The molecule has 8 heteroatoms. The number of hydrogen-bond donors (Lipinski definition) is 2. The second-order valence-corrected chi connectivity index (χ2v) is 3.96. The molecule has 102 valence electrons. The Morgan fingerprint density at radius 3 is 3.21 bits per heavy atom. The fourth-order valence-corrected chi connectivity index (χ4v) is 1.62. The summed E-state index contributed by atoms with van der Waals surface area (Å²) in [5, 5.41) is 16.9. The van der Waals surface area contributed by atoms with E-state index in [1.54, 1.807) is 19.6 Å². The molecule has 0 aliphatic rings. The first-order valence-electron chi connectivity index (χ1n) is 5.94. The zero-order chi connectivity index (χ0) is 13.5. The first-order valence-corrected chi connectivity index (χ1v) is 5.94. The topological polar surface area (TPSA) is 97.7 Å². The van der Waals surface area contributed by atoms with Gasteiger partial charge in [0.2, 0.25) is 0 Å². The fraction of sp³-hybridized carbons (Fsp3) is 0.455. The number of aromatic amines is 1. The largest absolute Gasteiger partial charge is 0.385 e. The molecule has 2 aromatic rings. The number of amides is 1. The molecular weight excluding hydrogens is 248 g/mol. The molecule has 0 saturated carbocycles. The molecule has 2 N–H and O–H groups in total. The Morgan fingerprint density at radius 1 is 1.58 bits per heavy atom. The van der Waals surface area contributed by atoms with Crippen molar-refractivity contribution in [3.63, 3.8) is 0 Å². The van der Waals surface area contributed by atoms with Gasteiger partial charge in [0.1, 0.15) is 6.33 Å². The third-order valence-electron chi connectivity index (χ3n) is 2.61. The summed E-state index contributed by atoms with van der Waals surface area (Å²) in [4.78, 5) is 11.7. The molecule has 2 aromatic heterocycles. The van der Waals surface area contributed by atoms with Crippen LogP contribution in [0.2, 0.25) is 0 Å². The van der Waals surface area contributed by atoms with E-state index in [-0.39, 0.29) is 5.91 Å². The fourth-order valence-electron chi connectivity index (χ4n) is 1.62. The highest BCUT2D eigenvalue weighted by Crippen LogP contribution is 1.99. The van der Waals surface area contributed by atoms with Crippen molar-refractivity contribution in [2.24, 2.45) is 0 Å². The van der Waals surface area contributed by atoms with Gasteiger partial charge in [-0.25, -0.2) is 0 Å². The van der Waals surface area contributed by atoms with Gasteiger partial charge in [-0.05, 0) is 6.42 Å². The van der Waals surface area contributed by atoms with Gasteiger partial charge in [0.05, 0.1) is 18.3 Å². The lowest BCUT2D eigenvalue weighted by atomic mass is 10.3. The molecule has 0 radical (unpaired) electrons. The maximum absolute atomic E-state index is 11.7. The van der Waals surface area contributed by atoms with Gasteiger partial charge in [0, 0.05) is 26.5 Å². The summed E-state index contributed by atoms with van der Waals surface area (Å²) in [6, 6.07) is 0. The SMILES string of the molecule is COCCCn1cnnc1CNC(=O)c1cn[nH]c1. The van der Waals surface area contributed by atoms with Crippen LogP contribution in [0, 0.1) is 0 Å². The van der Waals surface area contributed by atoms with E-state index in [0.717, 1.165) is 13.0 Å². The lowest BCUT2D eigenvalue weighted by molar-refractivity contribution is 0.0949. The van der Waals surface area contributed by atoms with Crippen molar-refractivity contribution < 1.29 is 9.53 Å². The van der Waals surface area contributed by atoms with Crippen LogP contribution in [0.5, 0.6) is 0 Å². The third kappa shape index (κ3) is 3.62. The molecule has 19 heavy (non-hydrogen) atoms. The standard InChI is InChI=1S/C11H16N6O2/c1-19-4-2-3-17-8-15-16-10(17)7-12-11(18)9-5-13-14-6-9/h5-6,8H,2-4,7H2,1H3,(H,12,18)(H,13,14). The number of carbonyl (C=O) groups excluding carboxylic acids is 1. The molecule has 0 aromatic carbocycles. The van der Waals surface area contributed by atoms with Crippen LogP contribution in [0.3, 0.4) is 0 Å². The molecule has 0 unspecified atom stereocenters. The minimum atomic E-state index is -0.194. The zero-order valence-electron chi connectivity index (χ0n) is 10.7. The highest BCUT2D eigenvalue weighted by atomic mass is 16.5. The number of H-pyrrole nitrogens is 1. The molecule has 0 aliphatic heterocycles. The van der Waals surface area contributed by atoms with Crippen LogP contribution in [-0.4, -0.2) is 44.6 Å². The van der Waals surface area contributed by atoms with Crippen LogP contribution in [0.1, 0.15) is 22.6 Å². The van der Waals surface area contributed by atoms with E-state index >= 15 is 0 Å². The molecule has 0 spiro atoms. The Balaban J connectivity index is 1.86. The van der Waals surface area contributed by atoms with Gasteiger partial charge in [0.15, 0.2) is 5.82 Å². The van der Waals surface area contributed by atoms with Gasteiger partial charge in [-0.3, -0.25) is 9.89 Å². The Bertz CT molecular complexity index is 507. The number of rotatable bonds is 7. The Kier molecular flexibility index (Phi) is 4.62. The molecule has 0 fully saturated rings. The Morgan fingerprint density at radius 2 is 2.47 bits per heavy atom. The predicted molar refractivity (Wildman–Crippen MR) is 66.3 cm³/mol. The first kappa shape index (κ1) is 13.2. The molecule has 8 nitrogen and oxygen atoms in total. The van der Waals surface area contributed by atoms with Crippen molar-refractivity contribution in [2.75, 3.05) is 13.7 Å². The normalized spacial score (nSPS) is 10.6. The van der Waals surface area contributed by atoms with E-state index in [1.807, 2.05) is 4.57 Å². The summed E-state index contributed by atoms with van der Waals surface area (Å²) in [5.74, 6) is 0.521. The monoisotopic (exact) mass is 264 g/mol. The second-order valence-electron chi connectivity index (χ2n) is 3.96. The summed E-state index contributed by atoms with van der Waals surface area (Å²) in [6.45, 7) is 1.77. The van der Waals surface area contributed by atoms with Crippen molar-refractivity contribution in [3.05, 3.63) is 30.1 Å². The summed E-state index contributed by atoms with van der Waals surface area (Å²) in [6.07, 6.45) is 5.53. The van der Waals surface area contributed by atoms with E-state index in [1.165, 1.54) is 6.20 Å². The number of aryl methyl sites for hydroxylation is 1. The summed E-state index contributed by atoms with van der Waals surface area (Å²) in [7, 11) is 1.66. The number of hydrogen-bond acceptors (Lipinski definition) is 5. The summed E-state index contributed by atoms with van der Waals surface area (Å²) < 4.78 is 6.89. The maximum atomic E-state index is 11.7. The minimum absolute atomic E-state index is 0.194. The molecular formula is C11H16N6O2. The van der Waals surface area contributed by atoms with Gasteiger partial charge in [0.25, 0.3) is 5.91 Å². The van der Waals surface area contributed by atoms with Crippen molar-refractivity contribution in [3.8, 4) is 0 Å². The maximum Gasteiger partial charge on any atom is 0.254 e. The van der Waals surface area contributed by atoms with Crippen LogP contribution in [0.4, 0.5) is 0 Å². The number of carbonyl (C=O) groups is 1. The molecule has 1 amide bonds. The lowest BCUT2D eigenvalue weighted by Gasteiger charge is -2.06. The third-order valence-corrected chi connectivity index (χ3v) is 2.61. The van der Waals surface area contributed by atoms with Crippen molar-refractivity contribution in [1.29, 1.82) is 0 Å². The van der Waals surface area contributed by atoms with Crippen molar-refractivity contribution in [1.82, 2.24) is 30.3 Å². The van der Waals surface area contributed by atoms with E-state index < -0.39 is 0 Å². The van der Waals surface area contributed by atoms with Gasteiger partial charge in [-0.1, -0.05) is 0 Å². The van der Waals surface area contributed by atoms with Gasteiger partial charge in [-0.15, -0.1) is 10.2 Å². The Labute approximate surface area is 110 Å². The van der Waals surface area contributed by atoms with Crippen LogP contribution in [0.25, 0.3) is 0 Å². The first-order chi connectivity index (χ1) is 9.31. The Hall–Kier alpha value is -2.22. The quantitative estimate of drug-likeness (QED) is 0.684. The van der Waals surface area contributed by atoms with Gasteiger partial charge < -0.3 is 14.6 Å². The number of methoxy groups -OCH3 is 1. The van der Waals surface area contributed by atoms with E-state index in [4.69, 9.17) is 4.74 Å². The van der Waals surface area contributed by atoms with Crippen LogP contribution in [-0.2, 0) is 17.8 Å².